The minimum Gasteiger partial charge on any atom is -0.493 e. The molecule has 2 fully saturated rings. The fraction of sp³-hybridized carbons (Fsp3) is 0.485. The molecule has 0 radical (unpaired) electrons. The van der Waals surface area contributed by atoms with Gasteiger partial charge in [0.1, 0.15) is 18.1 Å². The van der Waals surface area contributed by atoms with Crippen LogP contribution in [0.4, 0.5) is 0 Å². The van der Waals surface area contributed by atoms with Crippen molar-refractivity contribution in [2.75, 3.05) is 26.7 Å². The highest BCUT2D eigenvalue weighted by Crippen LogP contribution is 2.34. The number of piperidine rings is 1. The lowest BCUT2D eigenvalue weighted by atomic mass is 9.80. The number of amides is 1. The standard InChI is InChI=1S/C33H41N3O5/c1-22-6-5-16-36(19-22)17-15-33(38)13-11-24(12-14-33)34-32(37)28-18-26-27(35-28)8-4-9-29(26)40-20-23-21-41-31-25(23)7-3-10-30(31)39-2/h3-4,7-10,18,21-22,24,35,38H,5-6,11-17,19-20H2,1-2H3,(H,34,37)/t22-,24?,33?/m1/s1. The highest BCUT2D eigenvalue weighted by atomic mass is 16.5. The van der Waals surface area contributed by atoms with Crippen molar-refractivity contribution in [3.8, 4) is 11.5 Å². The maximum Gasteiger partial charge on any atom is 0.267 e. The number of likely N-dealkylation sites (tertiary alicyclic amines) is 1. The van der Waals surface area contributed by atoms with Gasteiger partial charge in [-0.2, -0.15) is 0 Å². The predicted octanol–water partition coefficient (Wildman–Crippen LogP) is 6.03. The van der Waals surface area contributed by atoms with Crippen LogP contribution >= 0.6 is 0 Å². The van der Waals surface area contributed by atoms with Gasteiger partial charge in [-0.25, -0.2) is 0 Å². The highest BCUT2D eigenvalue weighted by molar-refractivity contribution is 5.99. The van der Waals surface area contributed by atoms with Crippen LogP contribution in [0.1, 0.15) is 67.9 Å². The smallest absolute Gasteiger partial charge is 0.267 e. The Bertz CT molecular complexity index is 1500. The van der Waals surface area contributed by atoms with E-state index < -0.39 is 5.60 Å². The fourth-order valence-corrected chi connectivity index (χ4v) is 6.56. The molecule has 2 aromatic carbocycles. The summed E-state index contributed by atoms with van der Waals surface area (Å²) < 4.78 is 17.3. The monoisotopic (exact) mass is 559 g/mol. The van der Waals surface area contributed by atoms with Gasteiger partial charge < -0.3 is 34.2 Å². The molecule has 4 aromatic rings. The number of para-hydroxylation sites is 1. The number of fused-ring (bicyclic) bond motifs is 2. The van der Waals surface area contributed by atoms with Crippen LogP contribution in [0.3, 0.4) is 0 Å². The van der Waals surface area contributed by atoms with Gasteiger partial charge in [-0.15, -0.1) is 0 Å². The zero-order chi connectivity index (χ0) is 28.4. The number of ether oxygens (including phenoxy) is 2. The quantitative estimate of drug-likeness (QED) is 0.232. The summed E-state index contributed by atoms with van der Waals surface area (Å²) in [5.74, 6) is 2.00. The van der Waals surface area contributed by atoms with E-state index in [2.05, 4.69) is 22.1 Å². The third-order valence-corrected chi connectivity index (χ3v) is 9.00. The Morgan fingerprint density at radius 3 is 2.76 bits per heavy atom. The van der Waals surface area contributed by atoms with E-state index >= 15 is 0 Å². The van der Waals surface area contributed by atoms with Gasteiger partial charge in [0.05, 0.1) is 19.0 Å². The Morgan fingerprint density at radius 2 is 1.95 bits per heavy atom. The van der Waals surface area contributed by atoms with Crippen LogP contribution in [0.5, 0.6) is 11.5 Å². The third-order valence-electron chi connectivity index (χ3n) is 9.00. The Balaban J connectivity index is 1.05. The summed E-state index contributed by atoms with van der Waals surface area (Å²) in [6, 6.07) is 13.5. The number of H-pyrrole nitrogens is 1. The van der Waals surface area contributed by atoms with Gasteiger partial charge in [0, 0.05) is 41.0 Å². The molecule has 0 unspecified atom stereocenters. The Labute approximate surface area is 241 Å². The summed E-state index contributed by atoms with van der Waals surface area (Å²) in [7, 11) is 1.62. The number of carbonyl (C=O) groups excluding carboxylic acids is 1. The van der Waals surface area contributed by atoms with Crippen LogP contribution in [-0.4, -0.2) is 59.3 Å². The first-order valence-electron chi connectivity index (χ1n) is 14.9. The molecule has 41 heavy (non-hydrogen) atoms. The van der Waals surface area contributed by atoms with Gasteiger partial charge in [-0.05, 0) is 81.7 Å². The highest BCUT2D eigenvalue weighted by Gasteiger charge is 2.34. The van der Waals surface area contributed by atoms with Crippen molar-refractivity contribution in [1.82, 2.24) is 15.2 Å². The van der Waals surface area contributed by atoms with Gasteiger partial charge in [-0.1, -0.05) is 25.1 Å². The maximum absolute atomic E-state index is 13.2. The summed E-state index contributed by atoms with van der Waals surface area (Å²) in [6.45, 7) is 5.89. The van der Waals surface area contributed by atoms with Gasteiger partial charge in [0.15, 0.2) is 11.3 Å². The first kappa shape index (κ1) is 27.7. The molecule has 3 heterocycles. The maximum atomic E-state index is 13.2. The minimum absolute atomic E-state index is 0.0614. The average molecular weight is 560 g/mol. The second-order valence-corrected chi connectivity index (χ2v) is 12.1. The number of methoxy groups -OCH3 is 1. The topological polar surface area (TPSA) is 100.0 Å². The van der Waals surface area contributed by atoms with E-state index in [0.717, 1.165) is 79.5 Å². The van der Waals surface area contributed by atoms with Crippen LogP contribution in [0.2, 0.25) is 0 Å². The number of aromatic nitrogens is 1. The molecular weight excluding hydrogens is 518 g/mol. The van der Waals surface area contributed by atoms with Crippen LogP contribution in [-0.2, 0) is 6.61 Å². The van der Waals surface area contributed by atoms with Crippen LogP contribution in [0.25, 0.3) is 21.9 Å². The van der Waals surface area contributed by atoms with Gasteiger partial charge in [-0.3, -0.25) is 4.79 Å². The number of nitrogens with zero attached hydrogens (tertiary/aromatic N) is 1. The van der Waals surface area contributed by atoms with E-state index in [9.17, 15) is 9.90 Å². The molecule has 6 rings (SSSR count). The van der Waals surface area contributed by atoms with Crippen molar-refractivity contribution in [2.45, 2.75) is 70.1 Å². The Kier molecular flexibility index (Phi) is 7.95. The van der Waals surface area contributed by atoms with Crippen molar-refractivity contribution >= 4 is 27.8 Å². The van der Waals surface area contributed by atoms with Crippen molar-refractivity contribution in [2.24, 2.45) is 5.92 Å². The summed E-state index contributed by atoms with van der Waals surface area (Å²) in [6.07, 6.45) is 8.10. The zero-order valence-electron chi connectivity index (χ0n) is 24.1. The van der Waals surface area contributed by atoms with Crippen LogP contribution in [0, 0.1) is 5.92 Å². The van der Waals surface area contributed by atoms with Crippen molar-refractivity contribution in [1.29, 1.82) is 0 Å². The summed E-state index contributed by atoms with van der Waals surface area (Å²) >= 11 is 0. The zero-order valence-corrected chi connectivity index (χ0v) is 24.1. The van der Waals surface area contributed by atoms with Crippen molar-refractivity contribution in [3.63, 3.8) is 0 Å². The summed E-state index contributed by atoms with van der Waals surface area (Å²) in [4.78, 5) is 19.0. The molecule has 8 nitrogen and oxygen atoms in total. The van der Waals surface area contributed by atoms with Crippen molar-refractivity contribution in [3.05, 3.63) is 60.0 Å². The van der Waals surface area contributed by atoms with E-state index in [1.54, 1.807) is 13.4 Å². The molecule has 2 aromatic heterocycles. The number of rotatable bonds is 9. The molecule has 1 saturated carbocycles. The van der Waals surface area contributed by atoms with Gasteiger partial charge in [0.25, 0.3) is 5.91 Å². The molecule has 1 atom stereocenters. The lowest BCUT2D eigenvalue weighted by Crippen LogP contribution is -2.45. The fourth-order valence-electron chi connectivity index (χ4n) is 6.56. The molecule has 1 aliphatic heterocycles. The minimum atomic E-state index is -0.624. The van der Waals surface area contributed by atoms with E-state index in [-0.39, 0.29) is 11.9 Å². The number of benzene rings is 2. The largest absolute Gasteiger partial charge is 0.493 e. The summed E-state index contributed by atoms with van der Waals surface area (Å²) in [5, 5.41) is 16.2. The molecular formula is C33H41N3O5. The Hall–Kier alpha value is -3.49. The van der Waals surface area contributed by atoms with Crippen molar-refractivity contribution < 1.29 is 23.8 Å². The first-order valence-corrected chi connectivity index (χ1v) is 14.9. The van der Waals surface area contributed by atoms with E-state index in [1.807, 2.05) is 42.5 Å². The summed E-state index contributed by atoms with van der Waals surface area (Å²) in [5.41, 5.74) is 2.35. The SMILES string of the molecule is COc1cccc2c(COc3cccc4[nH]c(C(=O)NC5CCC(O)(CCN6CCC[C@@H](C)C6)CC5)cc34)coc12. The lowest BCUT2D eigenvalue weighted by Gasteiger charge is -2.39. The number of carbonyl (C=O) groups is 1. The van der Waals surface area contributed by atoms with E-state index in [0.29, 0.717) is 29.4 Å². The number of hydrogen-bond donors (Lipinski definition) is 3. The molecule has 1 saturated heterocycles. The van der Waals surface area contributed by atoms with E-state index in [4.69, 9.17) is 13.9 Å². The number of aliphatic hydroxyl groups is 1. The molecule has 0 spiro atoms. The third kappa shape index (κ3) is 6.09. The normalized spacial score (nSPS) is 23.6. The van der Waals surface area contributed by atoms with Gasteiger partial charge in [0.2, 0.25) is 0 Å². The lowest BCUT2D eigenvalue weighted by molar-refractivity contribution is -0.0201. The molecule has 1 aliphatic carbocycles. The van der Waals surface area contributed by atoms with Crippen LogP contribution < -0.4 is 14.8 Å². The van der Waals surface area contributed by atoms with Gasteiger partial charge >= 0.3 is 0 Å². The number of aromatic amines is 1. The van der Waals surface area contributed by atoms with E-state index in [1.165, 1.54) is 12.8 Å². The molecule has 3 N–H and O–H groups in total. The second kappa shape index (κ2) is 11.8. The number of furan rings is 1. The molecule has 1 amide bonds. The first-order chi connectivity index (χ1) is 19.9. The molecule has 218 valence electrons. The van der Waals surface area contributed by atoms with Crippen LogP contribution in [0.15, 0.2) is 53.1 Å². The average Bonchev–Trinajstić information content (AvgIpc) is 3.61. The Morgan fingerprint density at radius 1 is 1.15 bits per heavy atom. The number of hydrogen-bond acceptors (Lipinski definition) is 6. The molecule has 2 aliphatic rings. The molecule has 0 bridgehead atoms. The predicted molar refractivity (Wildman–Crippen MR) is 160 cm³/mol. The molecule has 8 heteroatoms. The number of nitrogens with one attached hydrogen (secondary N) is 2. The second-order valence-electron chi connectivity index (χ2n) is 12.1.